The predicted octanol–water partition coefficient (Wildman–Crippen LogP) is 1.84. The highest BCUT2D eigenvalue weighted by Crippen LogP contribution is 2.17. The molecule has 0 saturated heterocycles. The lowest BCUT2D eigenvalue weighted by Crippen LogP contribution is -2.29. The number of hydrogen-bond donors (Lipinski definition) is 0. The molecule has 1 fully saturated rings. The van der Waals surface area contributed by atoms with E-state index in [1.165, 1.54) is 0 Å². The molecule has 1 unspecified atom stereocenters. The van der Waals surface area contributed by atoms with Crippen molar-refractivity contribution in [3.63, 3.8) is 0 Å². The molecule has 0 N–H and O–H groups in total. The maximum atomic E-state index is 11.3. The number of ketones is 1. The Morgan fingerprint density at radius 2 is 2.31 bits per heavy atom. The fraction of sp³-hybridized carbons (Fsp3) is 0.800. The van der Waals surface area contributed by atoms with Crippen molar-refractivity contribution in [2.45, 2.75) is 51.6 Å². The molecule has 3 heteroatoms. The van der Waals surface area contributed by atoms with Gasteiger partial charge in [-0.3, -0.25) is 9.59 Å². The molecule has 74 valence electrons. The standard InChI is InChI=1S/C10H16O3/c1-2-5-10(12)13-9-7-4-3-6-8(9)11/h9H,2-7H2,1H3. The summed E-state index contributed by atoms with van der Waals surface area (Å²) < 4.78 is 5.06. The summed E-state index contributed by atoms with van der Waals surface area (Å²) in [5.41, 5.74) is 0. The molecule has 0 aromatic heterocycles. The van der Waals surface area contributed by atoms with Crippen LogP contribution >= 0.6 is 0 Å². The van der Waals surface area contributed by atoms with Crippen molar-refractivity contribution in [1.29, 1.82) is 0 Å². The average Bonchev–Trinajstić information content (AvgIpc) is 2.09. The van der Waals surface area contributed by atoms with Gasteiger partial charge in [0.05, 0.1) is 0 Å². The van der Waals surface area contributed by atoms with Crippen LogP contribution in [0.25, 0.3) is 0 Å². The van der Waals surface area contributed by atoms with Gasteiger partial charge in [-0.1, -0.05) is 6.92 Å². The van der Waals surface area contributed by atoms with E-state index in [0.29, 0.717) is 19.3 Å². The molecule has 0 amide bonds. The van der Waals surface area contributed by atoms with E-state index in [2.05, 4.69) is 0 Å². The fourth-order valence-electron chi connectivity index (χ4n) is 1.50. The number of ether oxygens (including phenoxy) is 1. The van der Waals surface area contributed by atoms with E-state index in [0.717, 1.165) is 19.3 Å². The quantitative estimate of drug-likeness (QED) is 0.628. The average molecular weight is 184 g/mol. The largest absolute Gasteiger partial charge is 0.454 e. The van der Waals surface area contributed by atoms with E-state index in [-0.39, 0.29) is 11.8 Å². The molecule has 0 bridgehead atoms. The summed E-state index contributed by atoms with van der Waals surface area (Å²) in [7, 11) is 0. The van der Waals surface area contributed by atoms with Gasteiger partial charge in [0.25, 0.3) is 0 Å². The molecule has 0 aliphatic heterocycles. The molecule has 1 saturated carbocycles. The first kappa shape index (κ1) is 10.2. The van der Waals surface area contributed by atoms with Crippen LogP contribution in [0.3, 0.4) is 0 Å². The summed E-state index contributed by atoms with van der Waals surface area (Å²) in [5, 5.41) is 0. The highest BCUT2D eigenvalue weighted by molar-refractivity contribution is 5.86. The SMILES string of the molecule is CCCC(=O)OC1CCCCC1=O. The van der Waals surface area contributed by atoms with Gasteiger partial charge in [-0.2, -0.15) is 0 Å². The van der Waals surface area contributed by atoms with Gasteiger partial charge in [0.15, 0.2) is 11.9 Å². The van der Waals surface area contributed by atoms with Crippen LogP contribution in [0.15, 0.2) is 0 Å². The number of esters is 1. The molecule has 1 aliphatic carbocycles. The van der Waals surface area contributed by atoms with E-state index < -0.39 is 6.10 Å². The molecule has 0 radical (unpaired) electrons. The van der Waals surface area contributed by atoms with Gasteiger partial charge in [0.2, 0.25) is 0 Å². The molecule has 0 aromatic rings. The van der Waals surface area contributed by atoms with Gasteiger partial charge < -0.3 is 4.74 Å². The fourth-order valence-corrected chi connectivity index (χ4v) is 1.50. The third-order valence-corrected chi connectivity index (χ3v) is 2.23. The van der Waals surface area contributed by atoms with Crippen molar-refractivity contribution in [2.75, 3.05) is 0 Å². The van der Waals surface area contributed by atoms with Crippen LogP contribution < -0.4 is 0 Å². The van der Waals surface area contributed by atoms with Gasteiger partial charge >= 0.3 is 5.97 Å². The summed E-state index contributed by atoms with van der Waals surface area (Å²) in [4.78, 5) is 22.3. The molecular formula is C10H16O3. The number of hydrogen-bond acceptors (Lipinski definition) is 3. The van der Waals surface area contributed by atoms with Crippen molar-refractivity contribution in [2.24, 2.45) is 0 Å². The number of carbonyl (C=O) groups is 2. The summed E-state index contributed by atoms with van der Waals surface area (Å²) in [6.07, 6.45) is 3.99. The predicted molar refractivity (Wildman–Crippen MR) is 48.3 cm³/mol. The molecule has 0 aromatic carbocycles. The lowest BCUT2D eigenvalue weighted by Gasteiger charge is -2.20. The van der Waals surface area contributed by atoms with Crippen molar-refractivity contribution in [3.8, 4) is 0 Å². The summed E-state index contributed by atoms with van der Waals surface area (Å²) in [6, 6.07) is 0. The van der Waals surface area contributed by atoms with Crippen molar-refractivity contribution in [3.05, 3.63) is 0 Å². The minimum atomic E-state index is -0.437. The Bertz CT molecular complexity index is 198. The first-order valence-corrected chi connectivity index (χ1v) is 4.96. The molecule has 3 nitrogen and oxygen atoms in total. The summed E-state index contributed by atoms with van der Waals surface area (Å²) >= 11 is 0. The zero-order valence-electron chi connectivity index (χ0n) is 8.04. The zero-order valence-corrected chi connectivity index (χ0v) is 8.04. The number of rotatable bonds is 3. The summed E-state index contributed by atoms with van der Waals surface area (Å²) in [6.45, 7) is 1.92. The Kier molecular flexibility index (Phi) is 3.93. The van der Waals surface area contributed by atoms with Gasteiger partial charge in [0, 0.05) is 12.8 Å². The smallest absolute Gasteiger partial charge is 0.306 e. The molecule has 1 aliphatic rings. The first-order chi connectivity index (χ1) is 6.24. The highest BCUT2D eigenvalue weighted by Gasteiger charge is 2.25. The highest BCUT2D eigenvalue weighted by atomic mass is 16.5. The second-order valence-electron chi connectivity index (χ2n) is 3.44. The van der Waals surface area contributed by atoms with Crippen LogP contribution in [0.1, 0.15) is 45.4 Å². The van der Waals surface area contributed by atoms with Crippen molar-refractivity contribution < 1.29 is 14.3 Å². The Morgan fingerprint density at radius 3 is 2.92 bits per heavy atom. The van der Waals surface area contributed by atoms with E-state index in [9.17, 15) is 9.59 Å². The van der Waals surface area contributed by atoms with Crippen LogP contribution in [0, 0.1) is 0 Å². The minimum Gasteiger partial charge on any atom is -0.454 e. The maximum absolute atomic E-state index is 11.3. The lowest BCUT2D eigenvalue weighted by molar-refractivity contribution is -0.156. The summed E-state index contributed by atoms with van der Waals surface area (Å²) in [5.74, 6) is -0.140. The zero-order chi connectivity index (χ0) is 9.68. The van der Waals surface area contributed by atoms with Gasteiger partial charge in [0.1, 0.15) is 0 Å². The van der Waals surface area contributed by atoms with Crippen LogP contribution in [-0.2, 0) is 14.3 Å². The minimum absolute atomic E-state index is 0.0932. The Balaban J connectivity index is 2.33. The maximum Gasteiger partial charge on any atom is 0.306 e. The van der Waals surface area contributed by atoms with Gasteiger partial charge in [-0.05, 0) is 25.7 Å². The second kappa shape index (κ2) is 5.00. The number of carbonyl (C=O) groups excluding carboxylic acids is 2. The Morgan fingerprint density at radius 1 is 1.54 bits per heavy atom. The Hall–Kier alpha value is -0.860. The van der Waals surface area contributed by atoms with Crippen LogP contribution in [0.2, 0.25) is 0 Å². The van der Waals surface area contributed by atoms with E-state index in [1.807, 2.05) is 6.92 Å². The molecular weight excluding hydrogens is 168 g/mol. The van der Waals surface area contributed by atoms with E-state index in [4.69, 9.17) is 4.74 Å². The monoisotopic (exact) mass is 184 g/mol. The molecule has 1 rings (SSSR count). The third-order valence-electron chi connectivity index (χ3n) is 2.23. The molecule has 1 atom stereocenters. The van der Waals surface area contributed by atoms with Gasteiger partial charge in [-0.15, -0.1) is 0 Å². The third kappa shape index (κ3) is 3.17. The van der Waals surface area contributed by atoms with Crippen molar-refractivity contribution >= 4 is 11.8 Å². The molecule has 0 spiro atoms. The van der Waals surface area contributed by atoms with E-state index in [1.54, 1.807) is 0 Å². The first-order valence-electron chi connectivity index (χ1n) is 4.96. The normalized spacial score (nSPS) is 22.8. The van der Waals surface area contributed by atoms with Gasteiger partial charge in [-0.25, -0.2) is 0 Å². The van der Waals surface area contributed by atoms with Crippen LogP contribution in [0.5, 0.6) is 0 Å². The second-order valence-corrected chi connectivity index (χ2v) is 3.44. The molecule has 13 heavy (non-hydrogen) atoms. The van der Waals surface area contributed by atoms with Crippen LogP contribution in [0.4, 0.5) is 0 Å². The Labute approximate surface area is 78.5 Å². The lowest BCUT2D eigenvalue weighted by atomic mass is 9.96. The number of Topliss-reactive ketones (excluding diaryl/α,β-unsaturated/α-hetero) is 1. The topological polar surface area (TPSA) is 43.4 Å². The van der Waals surface area contributed by atoms with E-state index >= 15 is 0 Å². The molecule has 0 heterocycles. The van der Waals surface area contributed by atoms with Crippen LogP contribution in [-0.4, -0.2) is 17.9 Å². The van der Waals surface area contributed by atoms with Crippen molar-refractivity contribution in [1.82, 2.24) is 0 Å².